The Morgan fingerprint density at radius 1 is 0.731 bits per heavy atom. The molecular weight excluding hydrogens is 326 g/mol. The fourth-order valence-corrected chi connectivity index (χ4v) is 5.16. The van der Waals surface area contributed by atoms with Gasteiger partial charge in [-0.1, -0.05) is 19.3 Å². The van der Waals surface area contributed by atoms with Crippen molar-refractivity contribution in [3.05, 3.63) is 0 Å². The van der Waals surface area contributed by atoms with Crippen molar-refractivity contribution in [2.24, 2.45) is 11.8 Å². The molecule has 0 unspecified atom stereocenters. The van der Waals surface area contributed by atoms with Gasteiger partial charge in [0.2, 0.25) is 11.8 Å². The molecule has 0 aromatic carbocycles. The number of amides is 2. The third kappa shape index (κ3) is 4.41. The van der Waals surface area contributed by atoms with Crippen molar-refractivity contribution in [1.82, 2.24) is 15.1 Å². The van der Waals surface area contributed by atoms with Gasteiger partial charge < -0.3 is 10.2 Å². The third-order valence-corrected chi connectivity index (χ3v) is 6.99. The van der Waals surface area contributed by atoms with Crippen LogP contribution in [0.2, 0.25) is 0 Å². The maximum Gasteiger partial charge on any atom is 0.225 e. The predicted octanol–water partition coefficient (Wildman–Crippen LogP) is 2.55. The molecule has 2 heterocycles. The molecule has 2 saturated heterocycles. The molecule has 0 aromatic rings. The number of piperidine rings is 2. The Kier molecular flexibility index (Phi) is 5.82. The number of carbonyl (C=O) groups is 2. The van der Waals surface area contributed by atoms with Crippen molar-refractivity contribution in [2.75, 3.05) is 26.2 Å². The average Bonchev–Trinajstić information content (AvgIpc) is 3.54. The minimum Gasteiger partial charge on any atom is -0.353 e. The van der Waals surface area contributed by atoms with Crippen molar-refractivity contribution in [1.29, 1.82) is 0 Å². The van der Waals surface area contributed by atoms with Gasteiger partial charge in [-0.05, 0) is 57.9 Å². The molecule has 4 fully saturated rings. The quantitative estimate of drug-likeness (QED) is 0.837. The van der Waals surface area contributed by atoms with Gasteiger partial charge in [-0.2, -0.15) is 0 Å². The summed E-state index contributed by atoms with van der Waals surface area (Å²) < 4.78 is 0. The number of rotatable bonds is 4. The van der Waals surface area contributed by atoms with Gasteiger partial charge >= 0.3 is 0 Å². The minimum absolute atomic E-state index is 0.164. The van der Waals surface area contributed by atoms with Crippen molar-refractivity contribution >= 4 is 11.8 Å². The van der Waals surface area contributed by atoms with Crippen LogP contribution < -0.4 is 5.32 Å². The zero-order valence-corrected chi connectivity index (χ0v) is 16.1. The van der Waals surface area contributed by atoms with Crippen LogP contribution in [-0.4, -0.2) is 59.9 Å². The number of nitrogens with one attached hydrogen (secondary N) is 1. The van der Waals surface area contributed by atoms with Gasteiger partial charge in [0.25, 0.3) is 0 Å². The molecule has 1 N–H and O–H groups in total. The van der Waals surface area contributed by atoms with E-state index in [1.807, 2.05) is 0 Å². The molecule has 4 aliphatic rings. The predicted molar refractivity (Wildman–Crippen MR) is 102 cm³/mol. The molecule has 2 aliphatic heterocycles. The van der Waals surface area contributed by atoms with Crippen LogP contribution in [0.1, 0.15) is 70.6 Å². The number of nitrogens with zero attached hydrogens (tertiary/aromatic N) is 2. The van der Waals surface area contributed by atoms with E-state index >= 15 is 0 Å². The van der Waals surface area contributed by atoms with E-state index in [4.69, 9.17) is 0 Å². The van der Waals surface area contributed by atoms with E-state index in [0.29, 0.717) is 29.8 Å². The highest BCUT2D eigenvalue weighted by Crippen LogP contribution is 2.32. The van der Waals surface area contributed by atoms with Gasteiger partial charge in [0.1, 0.15) is 0 Å². The fraction of sp³-hybridized carbons (Fsp3) is 0.905. The standard InChI is InChI=1S/C21H35N3O2/c25-20(22-18-6-2-1-3-7-18)17-5-4-12-24(15-17)19-10-13-23(14-11-19)21(26)16-8-9-16/h16-19H,1-15H2,(H,22,25)/t17-/m0/s1. The van der Waals surface area contributed by atoms with Crippen LogP contribution in [-0.2, 0) is 9.59 Å². The number of likely N-dealkylation sites (tertiary alicyclic amines) is 2. The fourth-order valence-electron chi connectivity index (χ4n) is 5.16. The summed E-state index contributed by atoms with van der Waals surface area (Å²) in [6.45, 7) is 3.86. The summed E-state index contributed by atoms with van der Waals surface area (Å²) >= 11 is 0. The lowest BCUT2D eigenvalue weighted by Crippen LogP contribution is -2.52. The minimum atomic E-state index is 0.164. The monoisotopic (exact) mass is 361 g/mol. The Morgan fingerprint density at radius 3 is 2.15 bits per heavy atom. The van der Waals surface area contributed by atoms with Crippen molar-refractivity contribution in [2.45, 2.75) is 82.7 Å². The summed E-state index contributed by atoms with van der Waals surface area (Å²) in [6, 6.07) is 0.979. The largest absolute Gasteiger partial charge is 0.353 e. The number of hydrogen-bond acceptors (Lipinski definition) is 3. The zero-order chi connectivity index (χ0) is 17.9. The second-order valence-corrected chi connectivity index (χ2v) is 9.01. The molecule has 1 atom stereocenters. The molecule has 146 valence electrons. The molecular formula is C21H35N3O2. The molecule has 26 heavy (non-hydrogen) atoms. The van der Waals surface area contributed by atoms with Gasteiger partial charge in [-0.15, -0.1) is 0 Å². The average molecular weight is 362 g/mol. The van der Waals surface area contributed by atoms with Crippen LogP contribution in [0.4, 0.5) is 0 Å². The molecule has 5 nitrogen and oxygen atoms in total. The van der Waals surface area contributed by atoms with Crippen LogP contribution in [0.3, 0.4) is 0 Å². The number of carbonyl (C=O) groups excluding carboxylic acids is 2. The summed E-state index contributed by atoms with van der Waals surface area (Å²) in [4.78, 5) is 29.6. The van der Waals surface area contributed by atoms with Crippen molar-refractivity contribution in [3.8, 4) is 0 Å². The normalized spacial score (nSPS) is 29.5. The Hall–Kier alpha value is -1.10. The highest BCUT2D eigenvalue weighted by atomic mass is 16.2. The lowest BCUT2D eigenvalue weighted by Gasteiger charge is -2.42. The Labute approximate surface area is 157 Å². The first-order chi connectivity index (χ1) is 12.7. The summed E-state index contributed by atoms with van der Waals surface area (Å²) in [5.41, 5.74) is 0. The molecule has 2 amide bonds. The van der Waals surface area contributed by atoms with Gasteiger partial charge in [-0.3, -0.25) is 14.5 Å². The first-order valence-electron chi connectivity index (χ1n) is 11.0. The highest BCUT2D eigenvalue weighted by molar-refractivity contribution is 5.81. The van der Waals surface area contributed by atoms with E-state index in [0.717, 1.165) is 77.5 Å². The van der Waals surface area contributed by atoms with Crippen LogP contribution >= 0.6 is 0 Å². The Balaban J connectivity index is 1.24. The Bertz CT molecular complexity index is 505. The van der Waals surface area contributed by atoms with Gasteiger partial charge in [0, 0.05) is 37.6 Å². The van der Waals surface area contributed by atoms with Gasteiger partial charge in [-0.25, -0.2) is 0 Å². The smallest absolute Gasteiger partial charge is 0.225 e. The second kappa shape index (κ2) is 8.28. The zero-order valence-electron chi connectivity index (χ0n) is 16.1. The SMILES string of the molecule is O=C(NC1CCCCC1)[C@H]1CCCN(C2CCN(C(=O)C3CC3)CC2)C1. The first kappa shape index (κ1) is 18.3. The lowest BCUT2D eigenvalue weighted by molar-refractivity contribution is -0.134. The van der Waals surface area contributed by atoms with E-state index in [1.165, 1.54) is 19.3 Å². The van der Waals surface area contributed by atoms with Crippen LogP contribution in [0, 0.1) is 11.8 Å². The van der Waals surface area contributed by atoms with E-state index < -0.39 is 0 Å². The lowest BCUT2D eigenvalue weighted by atomic mass is 9.91. The molecule has 0 aromatic heterocycles. The summed E-state index contributed by atoms with van der Waals surface area (Å²) in [6.07, 6.45) is 12.7. The van der Waals surface area contributed by atoms with E-state index in [2.05, 4.69) is 15.1 Å². The summed E-state index contributed by atoms with van der Waals surface area (Å²) in [5, 5.41) is 3.33. The summed E-state index contributed by atoms with van der Waals surface area (Å²) in [7, 11) is 0. The molecule has 2 saturated carbocycles. The maximum absolute atomic E-state index is 12.7. The molecule has 4 rings (SSSR count). The molecule has 0 spiro atoms. The summed E-state index contributed by atoms with van der Waals surface area (Å²) in [5.74, 6) is 1.20. The van der Waals surface area contributed by atoms with E-state index in [1.54, 1.807) is 0 Å². The van der Waals surface area contributed by atoms with Gasteiger partial charge in [0.05, 0.1) is 5.92 Å². The molecule has 0 radical (unpaired) electrons. The van der Waals surface area contributed by atoms with Crippen LogP contribution in [0.15, 0.2) is 0 Å². The third-order valence-electron chi connectivity index (χ3n) is 6.99. The van der Waals surface area contributed by atoms with Gasteiger partial charge in [0.15, 0.2) is 0 Å². The topological polar surface area (TPSA) is 52.7 Å². The number of hydrogen-bond donors (Lipinski definition) is 1. The van der Waals surface area contributed by atoms with E-state index in [-0.39, 0.29) is 5.92 Å². The maximum atomic E-state index is 12.7. The first-order valence-corrected chi connectivity index (χ1v) is 11.0. The van der Waals surface area contributed by atoms with Crippen LogP contribution in [0.5, 0.6) is 0 Å². The molecule has 5 heteroatoms. The molecule has 2 aliphatic carbocycles. The molecule has 0 bridgehead atoms. The van der Waals surface area contributed by atoms with Crippen LogP contribution in [0.25, 0.3) is 0 Å². The highest BCUT2D eigenvalue weighted by Gasteiger charge is 2.37. The second-order valence-electron chi connectivity index (χ2n) is 9.01. The van der Waals surface area contributed by atoms with Crippen molar-refractivity contribution in [3.63, 3.8) is 0 Å². The van der Waals surface area contributed by atoms with Crippen molar-refractivity contribution < 1.29 is 9.59 Å². The Morgan fingerprint density at radius 2 is 1.46 bits per heavy atom. The van der Waals surface area contributed by atoms with E-state index in [9.17, 15) is 9.59 Å².